The Hall–Kier alpha value is -0.240. The van der Waals surface area contributed by atoms with Crippen molar-refractivity contribution in [1.29, 1.82) is 0 Å². The zero-order valence-corrected chi connectivity index (χ0v) is 9.99. The predicted molar refractivity (Wildman–Crippen MR) is 63.1 cm³/mol. The summed E-state index contributed by atoms with van der Waals surface area (Å²) in [6.45, 7) is 5.11. The summed E-state index contributed by atoms with van der Waals surface area (Å²) < 4.78 is 0. The summed E-state index contributed by atoms with van der Waals surface area (Å²) >= 11 is 11.8. The third kappa shape index (κ3) is 3.49. The van der Waals surface area contributed by atoms with Crippen LogP contribution in [0.25, 0.3) is 0 Å². The van der Waals surface area contributed by atoms with Crippen molar-refractivity contribution in [1.82, 2.24) is 5.32 Å². The maximum Gasteiger partial charge on any atom is 0.0465 e. The molecule has 1 rings (SSSR count). The molecule has 14 heavy (non-hydrogen) atoms. The van der Waals surface area contributed by atoms with E-state index >= 15 is 0 Å². The Morgan fingerprint density at radius 3 is 2.64 bits per heavy atom. The Kier molecular flexibility index (Phi) is 4.73. The van der Waals surface area contributed by atoms with E-state index in [1.165, 1.54) is 0 Å². The van der Waals surface area contributed by atoms with Crippen LogP contribution in [0.1, 0.15) is 25.8 Å². The molecular formula is C11H15Cl2N. The van der Waals surface area contributed by atoms with E-state index in [9.17, 15) is 0 Å². The maximum atomic E-state index is 6.03. The second-order valence-corrected chi connectivity index (χ2v) is 4.27. The summed E-state index contributed by atoms with van der Waals surface area (Å²) in [6.07, 6.45) is 1.12. The highest BCUT2D eigenvalue weighted by atomic mass is 35.5. The molecule has 0 aromatic heterocycles. The van der Waals surface area contributed by atoms with E-state index < -0.39 is 0 Å². The molecule has 1 atom stereocenters. The van der Waals surface area contributed by atoms with Crippen molar-refractivity contribution in [2.24, 2.45) is 0 Å². The minimum atomic E-state index is 0.516. The number of halogens is 2. The molecule has 0 saturated carbocycles. The molecule has 0 bridgehead atoms. The van der Waals surface area contributed by atoms with Gasteiger partial charge in [0.1, 0.15) is 0 Å². The van der Waals surface area contributed by atoms with E-state index in [2.05, 4.69) is 19.2 Å². The van der Waals surface area contributed by atoms with Gasteiger partial charge in [0, 0.05) is 22.6 Å². The van der Waals surface area contributed by atoms with Gasteiger partial charge in [0.05, 0.1) is 0 Å². The van der Waals surface area contributed by atoms with Gasteiger partial charge in [-0.2, -0.15) is 0 Å². The largest absolute Gasteiger partial charge is 0.310 e. The number of rotatable bonds is 4. The number of benzene rings is 1. The first-order valence-electron chi connectivity index (χ1n) is 4.80. The van der Waals surface area contributed by atoms with E-state index in [4.69, 9.17) is 23.2 Å². The van der Waals surface area contributed by atoms with Gasteiger partial charge in [0.15, 0.2) is 0 Å². The smallest absolute Gasteiger partial charge is 0.0465 e. The van der Waals surface area contributed by atoms with Crippen molar-refractivity contribution >= 4 is 23.2 Å². The Labute approximate surface area is 95.4 Å². The summed E-state index contributed by atoms with van der Waals surface area (Å²) in [4.78, 5) is 0. The molecule has 0 saturated heterocycles. The predicted octanol–water partition coefficient (Wildman–Crippen LogP) is 3.88. The Morgan fingerprint density at radius 2 is 2.07 bits per heavy atom. The van der Waals surface area contributed by atoms with Gasteiger partial charge in [0.25, 0.3) is 0 Å². The van der Waals surface area contributed by atoms with E-state index in [0.717, 1.165) is 23.6 Å². The van der Waals surface area contributed by atoms with Crippen molar-refractivity contribution < 1.29 is 0 Å². The average molecular weight is 232 g/mol. The fraction of sp³-hybridized carbons (Fsp3) is 0.455. The lowest BCUT2D eigenvalue weighted by Gasteiger charge is -2.12. The van der Waals surface area contributed by atoms with Crippen LogP contribution in [0.5, 0.6) is 0 Å². The molecular weight excluding hydrogens is 217 g/mol. The Morgan fingerprint density at radius 1 is 1.36 bits per heavy atom. The van der Waals surface area contributed by atoms with Crippen LogP contribution >= 0.6 is 23.2 Å². The monoisotopic (exact) mass is 231 g/mol. The van der Waals surface area contributed by atoms with Crippen LogP contribution in [-0.2, 0) is 6.54 Å². The summed E-state index contributed by atoms with van der Waals surface area (Å²) in [5.74, 6) is 0. The topological polar surface area (TPSA) is 12.0 Å². The van der Waals surface area contributed by atoms with Crippen molar-refractivity contribution in [3.8, 4) is 0 Å². The summed E-state index contributed by atoms with van der Waals surface area (Å²) in [7, 11) is 0. The van der Waals surface area contributed by atoms with Gasteiger partial charge in [-0.15, -0.1) is 0 Å². The van der Waals surface area contributed by atoms with Crippen molar-refractivity contribution in [2.75, 3.05) is 0 Å². The summed E-state index contributed by atoms with van der Waals surface area (Å²) in [5, 5.41) is 4.79. The Balaban J connectivity index is 2.59. The van der Waals surface area contributed by atoms with Gasteiger partial charge in [-0.05, 0) is 31.0 Å². The number of hydrogen-bond acceptors (Lipinski definition) is 1. The highest BCUT2D eigenvalue weighted by Gasteiger charge is 2.02. The van der Waals surface area contributed by atoms with Crippen LogP contribution in [0.15, 0.2) is 18.2 Å². The fourth-order valence-corrected chi connectivity index (χ4v) is 1.57. The molecule has 0 amide bonds. The third-order valence-corrected chi connectivity index (χ3v) is 2.86. The molecule has 78 valence electrons. The lowest BCUT2D eigenvalue weighted by atomic mass is 10.2. The minimum absolute atomic E-state index is 0.516. The quantitative estimate of drug-likeness (QED) is 0.830. The first-order valence-corrected chi connectivity index (χ1v) is 5.56. The van der Waals surface area contributed by atoms with Gasteiger partial charge in [-0.3, -0.25) is 0 Å². The van der Waals surface area contributed by atoms with Crippen LogP contribution in [-0.4, -0.2) is 6.04 Å². The molecule has 0 spiro atoms. The Bertz CT molecular complexity index is 299. The standard InChI is InChI=1S/C11H15Cl2N/c1-3-8(2)14-7-9-4-5-10(12)6-11(9)13/h4-6,8,14H,3,7H2,1-2H3. The van der Waals surface area contributed by atoms with Crippen LogP contribution in [0.4, 0.5) is 0 Å². The van der Waals surface area contributed by atoms with Crippen molar-refractivity contribution in [3.05, 3.63) is 33.8 Å². The van der Waals surface area contributed by atoms with Gasteiger partial charge in [-0.1, -0.05) is 36.2 Å². The second kappa shape index (κ2) is 5.59. The van der Waals surface area contributed by atoms with Crippen LogP contribution in [0.3, 0.4) is 0 Å². The maximum absolute atomic E-state index is 6.03. The van der Waals surface area contributed by atoms with E-state index in [1.807, 2.05) is 12.1 Å². The molecule has 1 unspecified atom stereocenters. The first-order chi connectivity index (χ1) is 6.63. The van der Waals surface area contributed by atoms with E-state index in [1.54, 1.807) is 6.07 Å². The molecule has 1 N–H and O–H groups in total. The highest BCUT2D eigenvalue weighted by Crippen LogP contribution is 2.20. The van der Waals surface area contributed by atoms with E-state index in [-0.39, 0.29) is 0 Å². The van der Waals surface area contributed by atoms with Gasteiger partial charge >= 0.3 is 0 Å². The lowest BCUT2D eigenvalue weighted by Crippen LogP contribution is -2.24. The molecule has 3 heteroatoms. The van der Waals surface area contributed by atoms with Crippen LogP contribution in [0, 0.1) is 0 Å². The lowest BCUT2D eigenvalue weighted by molar-refractivity contribution is 0.534. The SMILES string of the molecule is CCC(C)NCc1ccc(Cl)cc1Cl. The van der Waals surface area contributed by atoms with Crippen molar-refractivity contribution in [3.63, 3.8) is 0 Å². The van der Waals surface area contributed by atoms with E-state index in [0.29, 0.717) is 11.1 Å². The van der Waals surface area contributed by atoms with Crippen LogP contribution in [0.2, 0.25) is 10.0 Å². The highest BCUT2D eigenvalue weighted by molar-refractivity contribution is 6.35. The molecule has 0 fully saturated rings. The number of nitrogens with one attached hydrogen (secondary N) is 1. The zero-order valence-electron chi connectivity index (χ0n) is 8.48. The minimum Gasteiger partial charge on any atom is -0.310 e. The molecule has 1 aromatic carbocycles. The first kappa shape index (κ1) is 11.8. The fourth-order valence-electron chi connectivity index (χ4n) is 1.09. The van der Waals surface area contributed by atoms with Gasteiger partial charge in [0.2, 0.25) is 0 Å². The second-order valence-electron chi connectivity index (χ2n) is 3.43. The molecule has 0 aliphatic carbocycles. The summed E-state index contributed by atoms with van der Waals surface area (Å²) in [6, 6.07) is 6.11. The molecule has 1 nitrogen and oxygen atoms in total. The molecule has 0 aliphatic rings. The van der Waals surface area contributed by atoms with Gasteiger partial charge < -0.3 is 5.32 Å². The number of hydrogen-bond donors (Lipinski definition) is 1. The molecule has 0 aliphatic heterocycles. The summed E-state index contributed by atoms with van der Waals surface area (Å²) in [5.41, 5.74) is 1.09. The molecule has 0 heterocycles. The molecule has 1 aromatic rings. The zero-order chi connectivity index (χ0) is 10.6. The van der Waals surface area contributed by atoms with Gasteiger partial charge in [-0.25, -0.2) is 0 Å². The van der Waals surface area contributed by atoms with Crippen molar-refractivity contribution in [2.45, 2.75) is 32.9 Å². The van der Waals surface area contributed by atoms with Crippen LogP contribution < -0.4 is 5.32 Å². The normalized spacial score (nSPS) is 12.9. The average Bonchev–Trinajstić information content (AvgIpc) is 2.16. The third-order valence-electron chi connectivity index (χ3n) is 2.27. The molecule has 0 radical (unpaired) electrons.